The highest BCUT2D eigenvalue weighted by molar-refractivity contribution is 6.34. The molecule has 0 saturated heterocycles. The largest absolute Gasteiger partial charge is 0.397 e. The SMILES string of the molecule is Nc1c(Cl)ccc2oncc12. The van der Waals surface area contributed by atoms with Gasteiger partial charge in [-0.3, -0.25) is 0 Å². The van der Waals surface area contributed by atoms with E-state index in [0.717, 1.165) is 5.39 Å². The zero-order valence-corrected chi connectivity index (χ0v) is 6.30. The lowest BCUT2D eigenvalue weighted by Gasteiger charge is -1.95. The van der Waals surface area contributed by atoms with Crippen molar-refractivity contribution in [3.8, 4) is 0 Å². The molecule has 0 atom stereocenters. The van der Waals surface area contributed by atoms with Crippen LogP contribution in [0.2, 0.25) is 5.02 Å². The van der Waals surface area contributed by atoms with E-state index in [9.17, 15) is 0 Å². The number of aromatic nitrogens is 1. The van der Waals surface area contributed by atoms with Crippen molar-refractivity contribution in [1.82, 2.24) is 5.16 Å². The van der Waals surface area contributed by atoms with E-state index in [-0.39, 0.29) is 0 Å². The number of rotatable bonds is 0. The maximum Gasteiger partial charge on any atom is 0.169 e. The minimum Gasteiger partial charge on any atom is -0.397 e. The summed E-state index contributed by atoms with van der Waals surface area (Å²) < 4.78 is 4.87. The van der Waals surface area contributed by atoms with Crippen LogP contribution in [-0.4, -0.2) is 5.16 Å². The third-order valence-corrected chi connectivity index (χ3v) is 1.86. The molecule has 1 aromatic carbocycles. The fraction of sp³-hybridized carbons (Fsp3) is 0. The lowest BCUT2D eigenvalue weighted by atomic mass is 10.2. The smallest absolute Gasteiger partial charge is 0.169 e. The number of benzene rings is 1. The molecule has 1 heterocycles. The van der Waals surface area contributed by atoms with Gasteiger partial charge in [-0.25, -0.2) is 0 Å². The minimum absolute atomic E-state index is 0.519. The van der Waals surface area contributed by atoms with Gasteiger partial charge in [-0.1, -0.05) is 16.8 Å². The van der Waals surface area contributed by atoms with E-state index in [1.54, 1.807) is 18.3 Å². The summed E-state index contributed by atoms with van der Waals surface area (Å²) in [6.07, 6.45) is 1.55. The highest BCUT2D eigenvalue weighted by Crippen LogP contribution is 2.27. The second kappa shape index (κ2) is 2.13. The average Bonchev–Trinajstić information content (AvgIpc) is 2.45. The Morgan fingerprint density at radius 2 is 2.27 bits per heavy atom. The van der Waals surface area contributed by atoms with Crippen molar-refractivity contribution in [2.75, 3.05) is 5.73 Å². The predicted octanol–water partition coefficient (Wildman–Crippen LogP) is 2.06. The van der Waals surface area contributed by atoms with Crippen molar-refractivity contribution in [2.45, 2.75) is 0 Å². The van der Waals surface area contributed by atoms with Crippen molar-refractivity contribution in [3.05, 3.63) is 23.4 Å². The number of anilines is 1. The molecule has 3 nitrogen and oxygen atoms in total. The Bertz CT molecular complexity index is 396. The van der Waals surface area contributed by atoms with Crippen LogP contribution in [0.5, 0.6) is 0 Å². The van der Waals surface area contributed by atoms with Gasteiger partial charge in [-0.05, 0) is 12.1 Å². The van der Waals surface area contributed by atoms with E-state index >= 15 is 0 Å². The monoisotopic (exact) mass is 168 g/mol. The molecule has 11 heavy (non-hydrogen) atoms. The molecule has 0 unspecified atom stereocenters. The molecule has 2 rings (SSSR count). The molecule has 0 fully saturated rings. The molecule has 56 valence electrons. The van der Waals surface area contributed by atoms with E-state index in [1.807, 2.05) is 0 Å². The molecule has 0 radical (unpaired) electrons. The van der Waals surface area contributed by atoms with Gasteiger partial charge in [-0.2, -0.15) is 0 Å². The van der Waals surface area contributed by atoms with Crippen LogP contribution >= 0.6 is 11.6 Å². The lowest BCUT2D eigenvalue weighted by Crippen LogP contribution is -1.85. The minimum atomic E-state index is 0.519. The van der Waals surface area contributed by atoms with Crippen LogP contribution in [0.4, 0.5) is 5.69 Å². The Labute approximate surface area is 67.7 Å². The predicted molar refractivity (Wildman–Crippen MR) is 43.4 cm³/mol. The number of hydrogen-bond donors (Lipinski definition) is 1. The highest BCUT2D eigenvalue weighted by atomic mass is 35.5. The number of nitrogens with zero attached hydrogens (tertiary/aromatic N) is 1. The zero-order chi connectivity index (χ0) is 7.84. The van der Waals surface area contributed by atoms with Crippen LogP contribution < -0.4 is 5.73 Å². The van der Waals surface area contributed by atoms with Crippen LogP contribution in [0.15, 0.2) is 22.9 Å². The number of nitrogens with two attached hydrogens (primary N) is 1. The van der Waals surface area contributed by atoms with Crippen LogP contribution in [0.1, 0.15) is 0 Å². The van der Waals surface area contributed by atoms with Crippen molar-refractivity contribution >= 4 is 28.3 Å². The standard InChI is InChI=1S/C7H5ClN2O/c8-5-1-2-6-4(7(5)9)3-10-11-6/h1-3H,9H2. The van der Waals surface area contributed by atoms with Gasteiger partial charge < -0.3 is 10.3 Å². The number of nitrogen functional groups attached to an aromatic ring is 1. The van der Waals surface area contributed by atoms with Gasteiger partial charge in [0, 0.05) is 0 Å². The van der Waals surface area contributed by atoms with Gasteiger partial charge in [0.15, 0.2) is 5.58 Å². The van der Waals surface area contributed by atoms with Gasteiger partial charge in [0.05, 0.1) is 22.3 Å². The third kappa shape index (κ3) is 0.851. The molecule has 1 aromatic heterocycles. The maximum absolute atomic E-state index is 5.75. The first-order chi connectivity index (χ1) is 5.29. The summed E-state index contributed by atoms with van der Waals surface area (Å²) in [4.78, 5) is 0. The number of hydrogen-bond acceptors (Lipinski definition) is 3. The Morgan fingerprint density at radius 1 is 1.45 bits per heavy atom. The highest BCUT2D eigenvalue weighted by Gasteiger charge is 2.04. The quantitative estimate of drug-likeness (QED) is 0.613. The molecule has 4 heteroatoms. The summed E-state index contributed by atoms with van der Waals surface area (Å²) in [5.41, 5.74) is 6.81. The molecule has 0 saturated carbocycles. The summed E-state index contributed by atoms with van der Waals surface area (Å²) in [5.74, 6) is 0. The first-order valence-corrected chi connectivity index (χ1v) is 3.45. The Hall–Kier alpha value is -1.22. The summed E-state index contributed by atoms with van der Waals surface area (Å²) in [6.45, 7) is 0. The first kappa shape index (κ1) is 6.49. The van der Waals surface area contributed by atoms with Crippen molar-refractivity contribution < 1.29 is 4.52 Å². The fourth-order valence-corrected chi connectivity index (χ4v) is 1.10. The van der Waals surface area contributed by atoms with Gasteiger partial charge in [-0.15, -0.1) is 0 Å². The zero-order valence-electron chi connectivity index (χ0n) is 5.54. The average molecular weight is 169 g/mol. The van der Waals surface area contributed by atoms with E-state index in [1.165, 1.54) is 0 Å². The van der Waals surface area contributed by atoms with Crippen molar-refractivity contribution in [3.63, 3.8) is 0 Å². The Balaban J connectivity index is 2.93. The Morgan fingerprint density at radius 3 is 3.09 bits per heavy atom. The first-order valence-electron chi connectivity index (χ1n) is 3.07. The lowest BCUT2D eigenvalue weighted by molar-refractivity contribution is 0.456. The molecular formula is C7H5ClN2O. The molecule has 2 N–H and O–H groups in total. The normalized spacial score (nSPS) is 10.6. The topological polar surface area (TPSA) is 52.0 Å². The maximum atomic E-state index is 5.75. The van der Waals surface area contributed by atoms with E-state index in [2.05, 4.69) is 5.16 Å². The summed E-state index contributed by atoms with van der Waals surface area (Å²) in [7, 11) is 0. The van der Waals surface area contributed by atoms with Gasteiger partial charge in [0.1, 0.15) is 0 Å². The molecule has 0 bridgehead atoms. The molecule has 0 amide bonds. The third-order valence-electron chi connectivity index (χ3n) is 1.53. The molecule has 0 spiro atoms. The van der Waals surface area contributed by atoms with Crippen molar-refractivity contribution in [1.29, 1.82) is 0 Å². The molecular weight excluding hydrogens is 164 g/mol. The number of fused-ring (bicyclic) bond motifs is 1. The Kier molecular flexibility index (Phi) is 1.26. The second-order valence-electron chi connectivity index (χ2n) is 2.20. The van der Waals surface area contributed by atoms with E-state index < -0.39 is 0 Å². The van der Waals surface area contributed by atoms with Crippen LogP contribution in [0.25, 0.3) is 11.0 Å². The summed E-state index contributed by atoms with van der Waals surface area (Å²) >= 11 is 5.75. The summed E-state index contributed by atoms with van der Waals surface area (Å²) in [6, 6.07) is 3.42. The van der Waals surface area contributed by atoms with Crippen LogP contribution in [0, 0.1) is 0 Å². The molecule has 2 aromatic rings. The van der Waals surface area contributed by atoms with Gasteiger partial charge >= 0.3 is 0 Å². The summed E-state index contributed by atoms with van der Waals surface area (Å²) in [5, 5.41) is 4.88. The van der Waals surface area contributed by atoms with Gasteiger partial charge in [0.2, 0.25) is 0 Å². The van der Waals surface area contributed by atoms with Crippen LogP contribution in [-0.2, 0) is 0 Å². The van der Waals surface area contributed by atoms with Gasteiger partial charge in [0.25, 0.3) is 0 Å². The van der Waals surface area contributed by atoms with Crippen LogP contribution in [0.3, 0.4) is 0 Å². The van der Waals surface area contributed by atoms with Crippen molar-refractivity contribution in [2.24, 2.45) is 0 Å². The van der Waals surface area contributed by atoms with E-state index in [4.69, 9.17) is 21.9 Å². The second-order valence-corrected chi connectivity index (χ2v) is 2.61. The molecule has 0 aliphatic heterocycles. The number of halogens is 1. The molecule has 0 aliphatic carbocycles. The molecule has 0 aliphatic rings. The fourth-order valence-electron chi connectivity index (χ4n) is 0.938. The van der Waals surface area contributed by atoms with E-state index in [0.29, 0.717) is 16.3 Å².